The van der Waals surface area contributed by atoms with Crippen LogP contribution in [0.3, 0.4) is 0 Å². The van der Waals surface area contributed by atoms with Crippen molar-refractivity contribution < 1.29 is 8.78 Å². The van der Waals surface area contributed by atoms with Gasteiger partial charge in [0.25, 0.3) is 11.5 Å². The second-order valence-electron chi connectivity index (χ2n) is 6.80. The Balaban J connectivity index is 0.00000117. The number of alkyl halides is 2. The van der Waals surface area contributed by atoms with Gasteiger partial charge in [0, 0.05) is 56.5 Å². The van der Waals surface area contributed by atoms with Gasteiger partial charge in [-0.2, -0.15) is 0 Å². The van der Waals surface area contributed by atoms with Crippen LogP contribution in [0, 0.1) is 0 Å². The zero-order chi connectivity index (χ0) is 21.0. The summed E-state index contributed by atoms with van der Waals surface area (Å²) in [4.78, 5) is 19.4. The molecule has 4 rings (SSSR count). The van der Waals surface area contributed by atoms with E-state index in [2.05, 4.69) is 15.2 Å². The van der Waals surface area contributed by atoms with Gasteiger partial charge in [-0.1, -0.05) is 38.1 Å². The van der Waals surface area contributed by atoms with Gasteiger partial charge in [-0.15, -0.1) is 0 Å². The van der Waals surface area contributed by atoms with Crippen molar-refractivity contribution in [3.8, 4) is 11.3 Å². The number of halogens is 2. The smallest absolute Gasteiger partial charge is 0.270 e. The molecule has 0 aliphatic carbocycles. The summed E-state index contributed by atoms with van der Waals surface area (Å²) in [7, 11) is 0. The van der Waals surface area contributed by atoms with Crippen LogP contribution >= 0.6 is 0 Å². The fourth-order valence-corrected chi connectivity index (χ4v) is 3.28. The number of nitrogens with zero attached hydrogens (tertiary/aromatic N) is 3. The molecule has 0 atom stereocenters. The number of nitrogens with one attached hydrogen (secondary N) is 1. The van der Waals surface area contributed by atoms with Gasteiger partial charge in [0.05, 0.1) is 11.4 Å². The van der Waals surface area contributed by atoms with E-state index in [9.17, 15) is 13.6 Å². The van der Waals surface area contributed by atoms with Gasteiger partial charge < -0.3 is 10.2 Å². The lowest BCUT2D eigenvalue weighted by Crippen LogP contribution is -2.43. The SMILES string of the molecule is CC.CC(F)(F)c1ccc(-c2cc(=O)n3cc(N4CCNCC4)ccc3n2)cc1. The summed E-state index contributed by atoms with van der Waals surface area (Å²) >= 11 is 0. The van der Waals surface area contributed by atoms with Gasteiger partial charge in [-0.3, -0.25) is 9.20 Å². The monoisotopic (exact) mass is 400 g/mol. The van der Waals surface area contributed by atoms with Crippen LogP contribution in [0.1, 0.15) is 26.3 Å². The molecular weight excluding hydrogens is 374 g/mol. The van der Waals surface area contributed by atoms with Crippen LogP contribution in [0.2, 0.25) is 0 Å². The highest BCUT2D eigenvalue weighted by Crippen LogP contribution is 2.28. The first kappa shape index (κ1) is 20.9. The molecule has 154 valence electrons. The van der Waals surface area contributed by atoms with Crippen molar-refractivity contribution in [1.82, 2.24) is 14.7 Å². The van der Waals surface area contributed by atoms with Crippen molar-refractivity contribution in [3.63, 3.8) is 0 Å². The van der Waals surface area contributed by atoms with E-state index in [1.807, 2.05) is 26.0 Å². The third-order valence-electron chi connectivity index (χ3n) is 4.81. The first-order valence-electron chi connectivity index (χ1n) is 9.90. The van der Waals surface area contributed by atoms with Gasteiger partial charge in [-0.25, -0.2) is 13.8 Å². The lowest BCUT2D eigenvalue weighted by molar-refractivity contribution is 0.0175. The Hall–Kier alpha value is -2.80. The Bertz CT molecular complexity index is 1020. The second-order valence-corrected chi connectivity index (χ2v) is 6.80. The summed E-state index contributed by atoms with van der Waals surface area (Å²) in [6.45, 7) is 8.47. The van der Waals surface area contributed by atoms with E-state index < -0.39 is 5.92 Å². The number of fused-ring (bicyclic) bond motifs is 1. The Morgan fingerprint density at radius 1 is 1.03 bits per heavy atom. The molecule has 0 spiro atoms. The molecule has 3 aromatic rings. The lowest BCUT2D eigenvalue weighted by Gasteiger charge is -2.29. The molecule has 1 saturated heterocycles. The van der Waals surface area contributed by atoms with E-state index in [1.165, 1.54) is 22.6 Å². The van der Waals surface area contributed by atoms with Gasteiger partial charge in [0.15, 0.2) is 0 Å². The molecule has 1 fully saturated rings. The molecule has 1 N–H and O–H groups in total. The zero-order valence-electron chi connectivity index (χ0n) is 17.0. The number of hydrogen-bond acceptors (Lipinski definition) is 4. The van der Waals surface area contributed by atoms with Gasteiger partial charge in [0.1, 0.15) is 5.65 Å². The molecule has 0 saturated carbocycles. The molecular formula is C22H26F2N4O. The Kier molecular flexibility index (Phi) is 6.27. The van der Waals surface area contributed by atoms with Crippen LogP contribution in [-0.2, 0) is 5.92 Å². The molecule has 29 heavy (non-hydrogen) atoms. The number of anilines is 1. The fraction of sp³-hybridized carbons (Fsp3) is 0.364. The molecule has 0 bridgehead atoms. The molecule has 1 aliphatic rings. The molecule has 1 aromatic carbocycles. The summed E-state index contributed by atoms with van der Waals surface area (Å²) in [6, 6.07) is 11.1. The van der Waals surface area contributed by atoms with Crippen LogP contribution < -0.4 is 15.8 Å². The average molecular weight is 400 g/mol. The van der Waals surface area contributed by atoms with Gasteiger partial charge in [-0.05, 0) is 12.1 Å². The molecule has 7 heteroatoms. The normalized spacial score (nSPS) is 14.4. The first-order valence-corrected chi connectivity index (χ1v) is 9.90. The summed E-state index contributed by atoms with van der Waals surface area (Å²) in [6.07, 6.45) is 1.81. The topological polar surface area (TPSA) is 49.6 Å². The maximum Gasteiger partial charge on any atom is 0.270 e. The molecule has 0 unspecified atom stereocenters. The molecule has 1 aliphatic heterocycles. The maximum absolute atomic E-state index is 13.4. The lowest BCUT2D eigenvalue weighted by atomic mass is 10.1. The number of hydrogen-bond donors (Lipinski definition) is 1. The number of pyridine rings is 1. The van der Waals surface area contributed by atoms with Crippen molar-refractivity contribution in [2.24, 2.45) is 0 Å². The average Bonchev–Trinajstić information content (AvgIpc) is 2.75. The number of benzene rings is 1. The van der Waals surface area contributed by atoms with Crippen LogP contribution in [0.25, 0.3) is 16.9 Å². The van der Waals surface area contributed by atoms with E-state index >= 15 is 0 Å². The highest BCUT2D eigenvalue weighted by molar-refractivity contribution is 5.63. The van der Waals surface area contributed by atoms with E-state index in [0.717, 1.165) is 38.8 Å². The summed E-state index contributed by atoms with van der Waals surface area (Å²) in [5.41, 5.74) is 2.35. The van der Waals surface area contributed by atoms with Crippen LogP contribution in [-0.4, -0.2) is 35.6 Å². The van der Waals surface area contributed by atoms with Crippen molar-refractivity contribution in [1.29, 1.82) is 0 Å². The van der Waals surface area contributed by atoms with Crippen molar-refractivity contribution >= 4 is 11.3 Å². The highest BCUT2D eigenvalue weighted by atomic mass is 19.3. The quantitative estimate of drug-likeness (QED) is 0.724. The highest BCUT2D eigenvalue weighted by Gasteiger charge is 2.23. The van der Waals surface area contributed by atoms with E-state index in [1.54, 1.807) is 18.3 Å². The molecule has 5 nitrogen and oxygen atoms in total. The summed E-state index contributed by atoms with van der Waals surface area (Å²) < 4.78 is 28.3. The van der Waals surface area contributed by atoms with E-state index in [0.29, 0.717) is 16.9 Å². The second kappa shape index (κ2) is 8.69. The minimum absolute atomic E-state index is 0.0653. The third-order valence-corrected chi connectivity index (χ3v) is 4.81. The van der Waals surface area contributed by atoms with Crippen LogP contribution in [0.4, 0.5) is 14.5 Å². The zero-order valence-corrected chi connectivity index (χ0v) is 17.0. The van der Waals surface area contributed by atoms with Crippen molar-refractivity contribution in [3.05, 3.63) is 64.6 Å². The van der Waals surface area contributed by atoms with Gasteiger partial charge >= 0.3 is 0 Å². The van der Waals surface area contributed by atoms with Crippen LogP contribution in [0.15, 0.2) is 53.5 Å². The fourth-order valence-electron chi connectivity index (χ4n) is 3.28. The minimum atomic E-state index is -2.89. The minimum Gasteiger partial charge on any atom is -0.368 e. The standard InChI is InChI=1S/C20H20F2N4O.C2H6/c1-20(21,22)15-4-2-14(3-5-15)17-12-19(27)26-13-16(6-7-18(26)24-17)25-10-8-23-9-11-25;1-2/h2-7,12-13,23H,8-11H2,1H3;1-2H3. The maximum atomic E-state index is 13.4. The Morgan fingerprint density at radius 2 is 1.69 bits per heavy atom. The molecule has 2 aromatic heterocycles. The van der Waals surface area contributed by atoms with Crippen LogP contribution in [0.5, 0.6) is 0 Å². The molecule has 3 heterocycles. The Morgan fingerprint density at radius 3 is 2.31 bits per heavy atom. The van der Waals surface area contributed by atoms with E-state index in [-0.39, 0.29) is 11.1 Å². The third kappa shape index (κ3) is 4.62. The predicted molar refractivity (Wildman–Crippen MR) is 113 cm³/mol. The molecule has 0 amide bonds. The van der Waals surface area contributed by atoms with Crippen molar-refractivity contribution in [2.75, 3.05) is 31.1 Å². The van der Waals surface area contributed by atoms with E-state index in [4.69, 9.17) is 0 Å². The number of piperazine rings is 1. The molecule has 0 radical (unpaired) electrons. The van der Waals surface area contributed by atoms with Crippen molar-refractivity contribution in [2.45, 2.75) is 26.7 Å². The largest absolute Gasteiger partial charge is 0.368 e. The summed E-state index contributed by atoms with van der Waals surface area (Å²) in [5.74, 6) is -2.89. The predicted octanol–water partition coefficient (Wildman–Crippen LogP) is 3.91. The number of rotatable bonds is 3. The van der Waals surface area contributed by atoms with Gasteiger partial charge in [0.2, 0.25) is 0 Å². The number of aromatic nitrogens is 2. The first-order chi connectivity index (χ1) is 13.9. The summed E-state index contributed by atoms with van der Waals surface area (Å²) in [5, 5.41) is 3.30. The Labute approximate surface area is 169 Å².